The molecule has 0 saturated carbocycles. The zero-order valence-corrected chi connectivity index (χ0v) is 14.6. The molecule has 0 radical (unpaired) electrons. The average molecular weight is 356 g/mol. The van der Waals surface area contributed by atoms with E-state index in [0.717, 1.165) is 24.2 Å². The number of rotatable bonds is 4. The number of hydrogen-bond acceptors (Lipinski definition) is 4. The van der Waals surface area contributed by atoms with Crippen molar-refractivity contribution in [3.8, 4) is 0 Å². The Bertz CT molecular complexity index is 804. The summed E-state index contributed by atoms with van der Waals surface area (Å²) in [5, 5.41) is 2.75. The van der Waals surface area contributed by atoms with Crippen molar-refractivity contribution >= 4 is 11.8 Å². The third kappa shape index (κ3) is 4.04. The topological polar surface area (TPSA) is 75.2 Å². The van der Waals surface area contributed by atoms with Crippen LogP contribution in [-0.4, -0.2) is 39.8 Å². The molecule has 1 aliphatic heterocycles. The van der Waals surface area contributed by atoms with Crippen LogP contribution in [0.2, 0.25) is 0 Å². The van der Waals surface area contributed by atoms with E-state index in [0.29, 0.717) is 19.6 Å². The summed E-state index contributed by atoms with van der Waals surface area (Å²) < 4.78 is 13.8. The van der Waals surface area contributed by atoms with Crippen LogP contribution in [0, 0.1) is 5.82 Å². The van der Waals surface area contributed by atoms with Crippen molar-refractivity contribution in [3.63, 3.8) is 0 Å². The van der Waals surface area contributed by atoms with Crippen molar-refractivity contribution in [2.45, 2.75) is 32.2 Å². The molecule has 0 bridgehead atoms. The lowest BCUT2D eigenvalue weighted by Crippen LogP contribution is -2.38. The second-order valence-electron chi connectivity index (χ2n) is 6.34. The number of carbonyl (C=O) groups excluding carboxylic acids is 2. The van der Waals surface area contributed by atoms with E-state index in [1.807, 2.05) is 0 Å². The predicted molar refractivity (Wildman–Crippen MR) is 93.8 cm³/mol. The Morgan fingerprint density at radius 2 is 1.88 bits per heavy atom. The quantitative estimate of drug-likeness (QED) is 0.912. The number of nitrogens with one attached hydrogen (secondary N) is 1. The van der Waals surface area contributed by atoms with Crippen molar-refractivity contribution < 1.29 is 14.0 Å². The molecule has 1 saturated heterocycles. The molecule has 1 N–H and O–H groups in total. The third-order valence-corrected chi connectivity index (χ3v) is 4.58. The number of hydrogen-bond donors (Lipinski definition) is 1. The maximum absolute atomic E-state index is 13.8. The molecular weight excluding hydrogens is 335 g/mol. The lowest BCUT2D eigenvalue weighted by atomic mass is 9.91. The first-order chi connectivity index (χ1) is 12.6. The van der Waals surface area contributed by atoms with Gasteiger partial charge in [0, 0.05) is 38.3 Å². The summed E-state index contributed by atoms with van der Waals surface area (Å²) in [6.45, 7) is 2.87. The number of likely N-dealkylation sites (tertiary alicyclic amines) is 1. The van der Waals surface area contributed by atoms with Gasteiger partial charge in [0.15, 0.2) is 0 Å². The highest BCUT2D eigenvalue weighted by Gasteiger charge is 2.28. The van der Waals surface area contributed by atoms with E-state index in [1.165, 1.54) is 19.1 Å². The smallest absolute Gasteiger partial charge is 0.256 e. The highest BCUT2D eigenvalue weighted by molar-refractivity contribution is 5.94. The fraction of sp³-hybridized carbons (Fsp3) is 0.368. The molecule has 1 fully saturated rings. The standard InChI is InChI=1S/C19H21FN4O2/c1-13(25)23-12-17-18(22-9-8-21-17)14-6-10-24(11-7-14)19(26)15-4-2-3-5-16(15)20/h2-5,8-9,14H,6-7,10-12H2,1H3,(H,23,25). The molecule has 0 unspecified atom stereocenters. The maximum atomic E-state index is 13.8. The molecule has 2 aromatic rings. The van der Waals surface area contributed by atoms with Gasteiger partial charge in [0.25, 0.3) is 5.91 Å². The van der Waals surface area contributed by atoms with Gasteiger partial charge >= 0.3 is 0 Å². The van der Waals surface area contributed by atoms with Gasteiger partial charge in [0.1, 0.15) is 5.82 Å². The molecule has 0 atom stereocenters. The molecule has 0 aliphatic carbocycles. The SMILES string of the molecule is CC(=O)NCc1nccnc1C1CCN(C(=O)c2ccccc2F)CC1. The van der Waals surface area contributed by atoms with Crippen LogP contribution in [0.15, 0.2) is 36.7 Å². The Labute approximate surface area is 151 Å². The first-order valence-electron chi connectivity index (χ1n) is 8.64. The third-order valence-electron chi connectivity index (χ3n) is 4.58. The summed E-state index contributed by atoms with van der Waals surface area (Å²) >= 11 is 0. The first-order valence-corrected chi connectivity index (χ1v) is 8.64. The Morgan fingerprint density at radius 1 is 1.19 bits per heavy atom. The molecule has 1 aromatic carbocycles. The molecule has 26 heavy (non-hydrogen) atoms. The average Bonchev–Trinajstić information content (AvgIpc) is 2.66. The molecular formula is C19H21FN4O2. The Balaban J connectivity index is 1.67. The number of aromatic nitrogens is 2. The summed E-state index contributed by atoms with van der Waals surface area (Å²) in [5.41, 5.74) is 1.72. The molecule has 2 heterocycles. The van der Waals surface area contributed by atoms with Crippen LogP contribution in [0.5, 0.6) is 0 Å². The molecule has 7 heteroatoms. The lowest BCUT2D eigenvalue weighted by Gasteiger charge is -2.32. The maximum Gasteiger partial charge on any atom is 0.256 e. The van der Waals surface area contributed by atoms with Gasteiger partial charge in [-0.1, -0.05) is 12.1 Å². The van der Waals surface area contributed by atoms with Crippen molar-refractivity contribution in [1.29, 1.82) is 0 Å². The summed E-state index contributed by atoms with van der Waals surface area (Å²) in [7, 11) is 0. The number of amides is 2. The van der Waals surface area contributed by atoms with Crippen molar-refractivity contribution in [3.05, 3.63) is 59.4 Å². The minimum atomic E-state index is -0.494. The van der Waals surface area contributed by atoms with Gasteiger partial charge in [-0.15, -0.1) is 0 Å². The van der Waals surface area contributed by atoms with E-state index in [1.54, 1.807) is 29.4 Å². The number of halogens is 1. The monoisotopic (exact) mass is 356 g/mol. The van der Waals surface area contributed by atoms with Crippen LogP contribution in [0.3, 0.4) is 0 Å². The van der Waals surface area contributed by atoms with Crippen LogP contribution >= 0.6 is 0 Å². The van der Waals surface area contributed by atoms with Crippen LogP contribution in [0.1, 0.15) is 47.4 Å². The number of carbonyl (C=O) groups is 2. The lowest BCUT2D eigenvalue weighted by molar-refractivity contribution is -0.119. The first kappa shape index (κ1) is 18.0. The minimum Gasteiger partial charge on any atom is -0.351 e. The van der Waals surface area contributed by atoms with E-state index >= 15 is 0 Å². The predicted octanol–water partition coefficient (Wildman–Crippen LogP) is 2.27. The number of benzene rings is 1. The molecule has 136 valence electrons. The minimum absolute atomic E-state index is 0.108. The molecule has 6 nitrogen and oxygen atoms in total. The van der Waals surface area contributed by atoms with Crippen LogP contribution < -0.4 is 5.32 Å². The Morgan fingerprint density at radius 3 is 2.58 bits per heavy atom. The van der Waals surface area contributed by atoms with Crippen LogP contribution in [0.4, 0.5) is 4.39 Å². The van der Waals surface area contributed by atoms with E-state index in [2.05, 4.69) is 15.3 Å². The second-order valence-corrected chi connectivity index (χ2v) is 6.34. The summed E-state index contributed by atoms with van der Waals surface area (Å²) in [6.07, 6.45) is 4.71. The summed E-state index contributed by atoms with van der Waals surface area (Å²) in [4.78, 5) is 34.1. The van der Waals surface area contributed by atoms with Crippen LogP contribution in [-0.2, 0) is 11.3 Å². The zero-order valence-electron chi connectivity index (χ0n) is 14.6. The largest absolute Gasteiger partial charge is 0.351 e. The highest BCUT2D eigenvalue weighted by Crippen LogP contribution is 2.29. The van der Waals surface area contributed by atoms with E-state index in [4.69, 9.17) is 0 Å². The molecule has 1 aliphatic rings. The van der Waals surface area contributed by atoms with Gasteiger partial charge in [-0.2, -0.15) is 0 Å². The van der Waals surface area contributed by atoms with Gasteiger partial charge in [0.05, 0.1) is 23.5 Å². The highest BCUT2D eigenvalue weighted by atomic mass is 19.1. The Hall–Kier alpha value is -2.83. The zero-order chi connectivity index (χ0) is 18.5. The normalized spacial score (nSPS) is 14.9. The Kier molecular flexibility index (Phi) is 5.55. The van der Waals surface area contributed by atoms with E-state index < -0.39 is 5.82 Å². The fourth-order valence-corrected chi connectivity index (χ4v) is 3.22. The van der Waals surface area contributed by atoms with Gasteiger partial charge in [-0.05, 0) is 25.0 Å². The van der Waals surface area contributed by atoms with Crippen LogP contribution in [0.25, 0.3) is 0 Å². The second kappa shape index (κ2) is 8.03. The molecule has 0 spiro atoms. The van der Waals surface area contributed by atoms with Gasteiger partial charge in [-0.25, -0.2) is 4.39 Å². The molecule has 3 rings (SSSR count). The number of nitrogens with zero attached hydrogens (tertiary/aromatic N) is 3. The van der Waals surface area contributed by atoms with E-state index in [-0.39, 0.29) is 23.3 Å². The molecule has 2 amide bonds. The van der Waals surface area contributed by atoms with Gasteiger partial charge in [0.2, 0.25) is 5.91 Å². The molecule has 1 aromatic heterocycles. The van der Waals surface area contributed by atoms with E-state index in [9.17, 15) is 14.0 Å². The van der Waals surface area contributed by atoms with Gasteiger partial charge < -0.3 is 10.2 Å². The number of piperidine rings is 1. The summed E-state index contributed by atoms with van der Waals surface area (Å²) in [5.74, 6) is -0.727. The van der Waals surface area contributed by atoms with Crippen molar-refractivity contribution in [1.82, 2.24) is 20.2 Å². The van der Waals surface area contributed by atoms with Gasteiger partial charge in [-0.3, -0.25) is 19.6 Å². The van der Waals surface area contributed by atoms with Crippen molar-refractivity contribution in [2.75, 3.05) is 13.1 Å². The fourth-order valence-electron chi connectivity index (χ4n) is 3.22. The summed E-state index contributed by atoms with van der Waals surface area (Å²) in [6, 6.07) is 6.05. The van der Waals surface area contributed by atoms with Crippen molar-refractivity contribution in [2.24, 2.45) is 0 Å².